The molecule has 2 heteroatoms. The first kappa shape index (κ1) is 6.18. The van der Waals surface area contributed by atoms with Crippen molar-refractivity contribution in [3.8, 4) is 0 Å². The van der Waals surface area contributed by atoms with Gasteiger partial charge in [0.05, 0.1) is 0 Å². The zero-order valence-corrected chi connectivity index (χ0v) is 5.65. The van der Waals surface area contributed by atoms with Crippen LogP contribution in [-0.4, -0.2) is 16.9 Å². The Hall–Kier alpha value is 0.177. The number of hydrogen-bond acceptors (Lipinski definition) is 1. The molecule has 0 aliphatic heterocycles. The molecule has 0 aromatic carbocycles. The van der Waals surface area contributed by atoms with Crippen LogP contribution in [0.15, 0.2) is 0 Å². The molecule has 1 nitrogen and oxygen atoms in total. The molecule has 0 aliphatic carbocycles. The van der Waals surface area contributed by atoms with Crippen molar-refractivity contribution in [3.05, 3.63) is 6.92 Å². The largest absolute Gasteiger partial charge is 0.427 e. The third-order valence-corrected chi connectivity index (χ3v) is 1.80. The first-order chi connectivity index (χ1) is 2.91. The lowest BCUT2D eigenvalue weighted by Gasteiger charge is -1.88. The predicted molar refractivity (Wildman–Crippen MR) is 30.3 cm³/mol. The summed E-state index contributed by atoms with van der Waals surface area (Å²) < 4.78 is 4.88. The summed E-state index contributed by atoms with van der Waals surface area (Å²) in [5.74, 6) is 0. The van der Waals surface area contributed by atoms with Crippen molar-refractivity contribution in [2.24, 2.45) is 0 Å². The highest BCUT2D eigenvalue weighted by Crippen LogP contribution is 1.81. The van der Waals surface area contributed by atoms with E-state index in [9.17, 15) is 0 Å². The lowest BCUT2D eigenvalue weighted by atomic mass is 10.6. The summed E-state index contributed by atoms with van der Waals surface area (Å²) in [5, 5.41) is 0. The van der Waals surface area contributed by atoms with E-state index >= 15 is 0 Å². The fourth-order valence-corrected chi connectivity index (χ4v) is 0.739. The molecule has 0 amide bonds. The fourth-order valence-electron chi connectivity index (χ4n) is 0.246. The van der Waals surface area contributed by atoms with E-state index in [0.29, 0.717) is 0 Å². The summed E-state index contributed by atoms with van der Waals surface area (Å²) >= 11 is 0. The lowest BCUT2D eigenvalue weighted by molar-refractivity contribution is 0.441. The van der Waals surface area contributed by atoms with Crippen molar-refractivity contribution in [3.63, 3.8) is 0 Å². The van der Waals surface area contributed by atoms with Crippen molar-refractivity contribution in [2.75, 3.05) is 7.11 Å². The zero-order valence-electron chi connectivity index (χ0n) is 4.24. The Balaban J connectivity index is 2.34. The van der Waals surface area contributed by atoms with E-state index in [-0.39, 0.29) is 9.76 Å². The summed E-state index contributed by atoms with van der Waals surface area (Å²) in [6.07, 6.45) is 1.04. The standard InChI is InChI=1S/C4H11OSi/c1-3-4-6-5-2/h1,3-4,6H2,2H3. The maximum Gasteiger partial charge on any atom is 0.161 e. The molecular weight excluding hydrogens is 92.1 g/mol. The van der Waals surface area contributed by atoms with Crippen molar-refractivity contribution in [2.45, 2.75) is 12.5 Å². The van der Waals surface area contributed by atoms with E-state index in [0.717, 1.165) is 6.42 Å². The highest BCUT2D eigenvalue weighted by molar-refractivity contribution is 6.26. The van der Waals surface area contributed by atoms with E-state index in [1.165, 1.54) is 6.04 Å². The second-order valence-electron chi connectivity index (χ2n) is 1.20. The Morgan fingerprint density at radius 2 is 2.50 bits per heavy atom. The monoisotopic (exact) mass is 103 g/mol. The van der Waals surface area contributed by atoms with Crippen molar-refractivity contribution >= 4 is 9.76 Å². The molecule has 0 spiro atoms. The molecule has 0 aliphatic rings. The molecule has 0 heterocycles. The van der Waals surface area contributed by atoms with Crippen LogP contribution >= 0.6 is 0 Å². The summed E-state index contributed by atoms with van der Waals surface area (Å²) in [6.45, 7) is 3.68. The van der Waals surface area contributed by atoms with E-state index in [1.807, 2.05) is 0 Å². The van der Waals surface area contributed by atoms with Crippen LogP contribution in [0.5, 0.6) is 0 Å². The van der Waals surface area contributed by atoms with E-state index in [1.54, 1.807) is 7.11 Å². The Labute approximate surface area is 41.6 Å². The van der Waals surface area contributed by atoms with Gasteiger partial charge in [0.25, 0.3) is 0 Å². The van der Waals surface area contributed by atoms with Gasteiger partial charge < -0.3 is 4.43 Å². The van der Waals surface area contributed by atoms with Crippen molar-refractivity contribution in [1.82, 2.24) is 0 Å². The minimum Gasteiger partial charge on any atom is -0.427 e. The molecule has 0 saturated heterocycles. The van der Waals surface area contributed by atoms with Gasteiger partial charge in [-0.25, -0.2) is 0 Å². The lowest BCUT2D eigenvalue weighted by Crippen LogP contribution is -1.89. The second kappa shape index (κ2) is 5.18. The molecule has 37 valence electrons. The molecule has 6 heavy (non-hydrogen) atoms. The third-order valence-electron chi connectivity index (χ3n) is 0.598. The Kier molecular flexibility index (Phi) is 5.33. The maximum absolute atomic E-state index is 4.88. The SMILES string of the molecule is [CH2]CC[SiH2]OC. The number of hydrogen-bond donors (Lipinski definition) is 0. The quantitative estimate of drug-likeness (QED) is 0.370. The van der Waals surface area contributed by atoms with Crippen LogP contribution in [0.25, 0.3) is 0 Å². The molecule has 0 atom stereocenters. The molecule has 0 aromatic heterocycles. The Bertz CT molecular complexity index is 19.5. The molecule has 0 fully saturated rings. The summed E-state index contributed by atoms with van der Waals surface area (Å²) in [5.41, 5.74) is 0. The normalized spacial score (nSPS) is 11.0. The fraction of sp³-hybridized carbons (Fsp3) is 0.750. The van der Waals surface area contributed by atoms with Gasteiger partial charge in [0.1, 0.15) is 0 Å². The molecule has 0 rings (SSSR count). The predicted octanol–water partition coefficient (Wildman–Crippen LogP) is 0.359. The Morgan fingerprint density at radius 1 is 1.83 bits per heavy atom. The second-order valence-corrected chi connectivity index (χ2v) is 2.89. The van der Waals surface area contributed by atoms with E-state index in [4.69, 9.17) is 4.43 Å². The maximum atomic E-state index is 4.88. The molecule has 0 saturated carbocycles. The summed E-state index contributed by atoms with van der Waals surface area (Å²) in [4.78, 5) is 0. The molecule has 0 unspecified atom stereocenters. The van der Waals surface area contributed by atoms with Gasteiger partial charge in [-0.3, -0.25) is 0 Å². The van der Waals surface area contributed by atoms with Crippen LogP contribution in [0.1, 0.15) is 6.42 Å². The van der Waals surface area contributed by atoms with Crippen LogP contribution < -0.4 is 0 Å². The minimum absolute atomic E-state index is 0.141. The average molecular weight is 103 g/mol. The Morgan fingerprint density at radius 3 is 2.67 bits per heavy atom. The van der Waals surface area contributed by atoms with Gasteiger partial charge in [0, 0.05) is 7.11 Å². The van der Waals surface area contributed by atoms with Gasteiger partial charge in [-0.15, -0.1) is 0 Å². The first-order valence-corrected chi connectivity index (χ1v) is 3.77. The van der Waals surface area contributed by atoms with Gasteiger partial charge in [-0.1, -0.05) is 13.3 Å². The van der Waals surface area contributed by atoms with Gasteiger partial charge in [0.15, 0.2) is 9.76 Å². The van der Waals surface area contributed by atoms with Crippen molar-refractivity contribution in [1.29, 1.82) is 0 Å². The molecule has 0 N–H and O–H groups in total. The zero-order chi connectivity index (χ0) is 4.83. The van der Waals surface area contributed by atoms with Crippen LogP contribution in [0.3, 0.4) is 0 Å². The van der Waals surface area contributed by atoms with Crippen molar-refractivity contribution < 1.29 is 4.43 Å². The van der Waals surface area contributed by atoms with E-state index < -0.39 is 0 Å². The van der Waals surface area contributed by atoms with E-state index in [2.05, 4.69) is 6.92 Å². The van der Waals surface area contributed by atoms with Gasteiger partial charge >= 0.3 is 0 Å². The highest BCUT2D eigenvalue weighted by Gasteiger charge is 1.77. The smallest absolute Gasteiger partial charge is 0.161 e. The third kappa shape index (κ3) is 4.18. The first-order valence-electron chi connectivity index (χ1n) is 2.20. The van der Waals surface area contributed by atoms with Crippen LogP contribution in [0.4, 0.5) is 0 Å². The average Bonchev–Trinajstić information content (AvgIpc) is 1.61. The van der Waals surface area contributed by atoms with Gasteiger partial charge in [-0.05, 0) is 6.04 Å². The van der Waals surface area contributed by atoms with Crippen LogP contribution in [0, 0.1) is 6.92 Å². The molecule has 1 radical (unpaired) electrons. The molecular formula is C4H11OSi. The minimum atomic E-state index is -0.141. The van der Waals surface area contributed by atoms with Gasteiger partial charge in [0.2, 0.25) is 0 Å². The van der Waals surface area contributed by atoms with Crippen LogP contribution in [-0.2, 0) is 4.43 Å². The van der Waals surface area contributed by atoms with Gasteiger partial charge in [-0.2, -0.15) is 0 Å². The molecule has 0 aromatic rings. The topological polar surface area (TPSA) is 9.23 Å². The summed E-state index contributed by atoms with van der Waals surface area (Å²) in [7, 11) is 1.62. The number of rotatable bonds is 3. The highest BCUT2D eigenvalue weighted by atomic mass is 28.2. The van der Waals surface area contributed by atoms with Crippen LogP contribution in [0.2, 0.25) is 6.04 Å². The summed E-state index contributed by atoms with van der Waals surface area (Å²) in [6, 6.07) is 1.22. The molecule has 0 bridgehead atoms.